The summed E-state index contributed by atoms with van der Waals surface area (Å²) < 4.78 is 37.4. The quantitative estimate of drug-likeness (QED) is 0.612. The summed E-state index contributed by atoms with van der Waals surface area (Å²) in [5.74, 6) is -0.135. The molecule has 0 amide bonds. The molecule has 0 radical (unpaired) electrons. The molecule has 0 unspecified atom stereocenters. The smallest absolute Gasteiger partial charge is 0.366 e. The van der Waals surface area contributed by atoms with Crippen LogP contribution in [0.25, 0.3) is 0 Å². The average Bonchev–Trinajstić information content (AvgIpc) is 2.38. The fourth-order valence-electron chi connectivity index (χ4n) is 1.94. The van der Waals surface area contributed by atoms with E-state index in [-0.39, 0.29) is 18.7 Å². The number of rotatable bonds is 2. The molecule has 0 spiro atoms. The van der Waals surface area contributed by atoms with Crippen LogP contribution in [-0.2, 0) is 0 Å². The van der Waals surface area contributed by atoms with E-state index in [9.17, 15) is 18.0 Å². The van der Waals surface area contributed by atoms with E-state index in [0.717, 1.165) is 5.69 Å². The first-order chi connectivity index (χ1) is 8.88. The molecule has 0 fully saturated rings. The van der Waals surface area contributed by atoms with Crippen LogP contribution >= 0.6 is 0 Å². The first kappa shape index (κ1) is 13.6. The van der Waals surface area contributed by atoms with E-state index in [1.165, 1.54) is 19.2 Å². The van der Waals surface area contributed by atoms with Crippen molar-refractivity contribution in [1.29, 1.82) is 0 Å². The molecule has 3 nitrogen and oxygen atoms in total. The molecule has 1 aliphatic heterocycles. The van der Waals surface area contributed by atoms with Gasteiger partial charge in [0.25, 0.3) is 0 Å². The SMILES string of the molecule is CC(=O)c1ccc(N2CC=C(C(F)(F)F)CC2)cn1. The van der Waals surface area contributed by atoms with Gasteiger partial charge in [-0.2, -0.15) is 13.2 Å². The lowest BCUT2D eigenvalue weighted by atomic mass is 10.1. The standard InChI is InChI=1S/C13H13F3N2O/c1-9(19)12-3-2-11(8-17-12)18-6-4-10(5-7-18)13(14,15)16/h2-4,8H,5-7H2,1H3. The summed E-state index contributed by atoms with van der Waals surface area (Å²) in [5, 5.41) is 0. The second-order valence-corrected chi connectivity index (χ2v) is 4.38. The van der Waals surface area contributed by atoms with Crippen molar-refractivity contribution in [2.75, 3.05) is 18.0 Å². The highest BCUT2D eigenvalue weighted by Gasteiger charge is 2.34. The summed E-state index contributed by atoms with van der Waals surface area (Å²) in [6, 6.07) is 3.29. The molecule has 2 heterocycles. The highest BCUT2D eigenvalue weighted by molar-refractivity contribution is 5.92. The van der Waals surface area contributed by atoms with Crippen molar-refractivity contribution in [3.8, 4) is 0 Å². The number of hydrogen-bond acceptors (Lipinski definition) is 3. The van der Waals surface area contributed by atoms with Crippen molar-refractivity contribution in [2.24, 2.45) is 0 Å². The second-order valence-electron chi connectivity index (χ2n) is 4.38. The Labute approximate surface area is 108 Å². The number of halogens is 3. The zero-order valence-electron chi connectivity index (χ0n) is 10.4. The number of aromatic nitrogens is 1. The van der Waals surface area contributed by atoms with Crippen molar-refractivity contribution >= 4 is 11.5 Å². The highest BCUT2D eigenvalue weighted by atomic mass is 19.4. The molecule has 1 aromatic rings. The van der Waals surface area contributed by atoms with Gasteiger partial charge in [0.1, 0.15) is 5.69 Å². The van der Waals surface area contributed by atoms with Gasteiger partial charge in [0.05, 0.1) is 11.9 Å². The van der Waals surface area contributed by atoms with Crippen LogP contribution in [0.5, 0.6) is 0 Å². The molecule has 0 saturated heterocycles. The van der Waals surface area contributed by atoms with Crippen molar-refractivity contribution in [3.05, 3.63) is 35.7 Å². The maximum atomic E-state index is 12.5. The van der Waals surface area contributed by atoms with Gasteiger partial charge < -0.3 is 4.90 Å². The first-order valence-electron chi connectivity index (χ1n) is 5.86. The van der Waals surface area contributed by atoms with E-state index in [1.807, 2.05) is 0 Å². The Kier molecular flexibility index (Phi) is 3.59. The van der Waals surface area contributed by atoms with Crippen LogP contribution in [0.1, 0.15) is 23.8 Å². The minimum Gasteiger partial charge on any atom is -0.366 e. The Morgan fingerprint density at radius 1 is 1.37 bits per heavy atom. The Morgan fingerprint density at radius 2 is 2.11 bits per heavy atom. The molecular weight excluding hydrogens is 257 g/mol. The molecule has 2 rings (SSSR count). The van der Waals surface area contributed by atoms with E-state index in [4.69, 9.17) is 0 Å². The van der Waals surface area contributed by atoms with Gasteiger partial charge in [-0.25, -0.2) is 0 Å². The van der Waals surface area contributed by atoms with Crippen LogP contribution < -0.4 is 4.90 Å². The van der Waals surface area contributed by atoms with E-state index in [2.05, 4.69) is 4.98 Å². The molecule has 0 aliphatic carbocycles. The lowest BCUT2D eigenvalue weighted by molar-refractivity contribution is -0.0944. The second kappa shape index (κ2) is 5.03. The zero-order chi connectivity index (χ0) is 14.0. The van der Waals surface area contributed by atoms with Crippen LogP contribution in [0.3, 0.4) is 0 Å². The number of Topliss-reactive ketones (excluding diaryl/α,β-unsaturated/α-hetero) is 1. The van der Waals surface area contributed by atoms with Crippen LogP contribution in [0.15, 0.2) is 30.0 Å². The van der Waals surface area contributed by atoms with Crippen LogP contribution in [0.2, 0.25) is 0 Å². The minimum atomic E-state index is -4.23. The number of anilines is 1. The van der Waals surface area contributed by atoms with E-state index < -0.39 is 11.7 Å². The maximum Gasteiger partial charge on any atom is 0.412 e. The summed E-state index contributed by atoms with van der Waals surface area (Å²) in [6.45, 7) is 1.92. The third kappa shape index (κ3) is 3.13. The van der Waals surface area contributed by atoms with E-state index in [0.29, 0.717) is 12.2 Å². The first-order valence-corrected chi connectivity index (χ1v) is 5.86. The number of hydrogen-bond donors (Lipinski definition) is 0. The fourth-order valence-corrected chi connectivity index (χ4v) is 1.94. The predicted octanol–water partition coefficient (Wildman–Crippen LogP) is 2.98. The maximum absolute atomic E-state index is 12.5. The third-order valence-corrected chi connectivity index (χ3v) is 3.05. The van der Waals surface area contributed by atoms with Crippen LogP contribution in [0.4, 0.5) is 18.9 Å². The van der Waals surface area contributed by atoms with Crippen molar-refractivity contribution in [3.63, 3.8) is 0 Å². The lowest BCUT2D eigenvalue weighted by Gasteiger charge is -2.28. The number of nitrogens with zero attached hydrogens (tertiary/aromatic N) is 2. The predicted molar refractivity (Wildman–Crippen MR) is 65.2 cm³/mol. The van der Waals surface area contributed by atoms with Gasteiger partial charge in [0, 0.05) is 25.6 Å². The molecule has 102 valence electrons. The molecule has 19 heavy (non-hydrogen) atoms. The largest absolute Gasteiger partial charge is 0.412 e. The molecule has 0 N–H and O–H groups in total. The molecule has 0 atom stereocenters. The number of pyridine rings is 1. The van der Waals surface area contributed by atoms with Crippen LogP contribution in [-0.4, -0.2) is 30.0 Å². The van der Waals surface area contributed by atoms with Gasteiger partial charge in [0.2, 0.25) is 0 Å². The molecule has 0 saturated carbocycles. The van der Waals surface area contributed by atoms with E-state index in [1.54, 1.807) is 17.0 Å². The zero-order valence-corrected chi connectivity index (χ0v) is 10.4. The average molecular weight is 270 g/mol. The topological polar surface area (TPSA) is 33.2 Å². The molecule has 0 aromatic carbocycles. The number of ketones is 1. The lowest BCUT2D eigenvalue weighted by Crippen LogP contribution is -2.31. The van der Waals surface area contributed by atoms with Gasteiger partial charge in [-0.1, -0.05) is 6.08 Å². The summed E-state index contributed by atoms with van der Waals surface area (Å²) in [7, 11) is 0. The van der Waals surface area contributed by atoms with Gasteiger partial charge in [-0.05, 0) is 18.6 Å². The molecule has 0 bridgehead atoms. The number of carbonyl (C=O) groups excluding carboxylic acids is 1. The van der Waals surface area contributed by atoms with Crippen molar-refractivity contribution in [1.82, 2.24) is 4.98 Å². The number of carbonyl (C=O) groups is 1. The van der Waals surface area contributed by atoms with Crippen molar-refractivity contribution < 1.29 is 18.0 Å². The van der Waals surface area contributed by atoms with Crippen molar-refractivity contribution in [2.45, 2.75) is 19.5 Å². The summed E-state index contributed by atoms with van der Waals surface area (Å²) in [4.78, 5) is 16.9. The Bertz CT molecular complexity index is 506. The third-order valence-electron chi connectivity index (χ3n) is 3.05. The highest BCUT2D eigenvalue weighted by Crippen LogP contribution is 2.31. The Morgan fingerprint density at radius 3 is 2.53 bits per heavy atom. The summed E-state index contributed by atoms with van der Waals surface area (Å²) >= 11 is 0. The fraction of sp³-hybridized carbons (Fsp3) is 0.385. The van der Waals surface area contributed by atoms with Gasteiger partial charge >= 0.3 is 6.18 Å². The molecular formula is C13H13F3N2O. The van der Waals surface area contributed by atoms with Crippen LogP contribution in [0, 0.1) is 0 Å². The summed E-state index contributed by atoms with van der Waals surface area (Å²) in [5.41, 5.74) is 0.604. The normalized spacial score (nSPS) is 16.2. The molecule has 1 aromatic heterocycles. The summed E-state index contributed by atoms with van der Waals surface area (Å²) in [6.07, 6.45) is -1.55. The molecule has 6 heteroatoms. The van der Waals surface area contributed by atoms with Gasteiger partial charge in [-0.3, -0.25) is 9.78 Å². The monoisotopic (exact) mass is 270 g/mol. The Balaban J connectivity index is 2.09. The van der Waals surface area contributed by atoms with E-state index >= 15 is 0 Å². The number of alkyl halides is 3. The van der Waals surface area contributed by atoms with Gasteiger partial charge in [0.15, 0.2) is 5.78 Å². The van der Waals surface area contributed by atoms with Gasteiger partial charge in [-0.15, -0.1) is 0 Å². The minimum absolute atomic E-state index is 0.0298. The molecule has 1 aliphatic rings. The Hall–Kier alpha value is -1.85.